The van der Waals surface area contributed by atoms with Gasteiger partial charge in [-0.1, -0.05) is 6.92 Å². The van der Waals surface area contributed by atoms with Crippen LogP contribution in [0.2, 0.25) is 0 Å². The van der Waals surface area contributed by atoms with Crippen molar-refractivity contribution in [2.24, 2.45) is 0 Å². The zero-order chi connectivity index (χ0) is 14.7. The molecule has 1 fully saturated rings. The lowest BCUT2D eigenvalue weighted by Crippen LogP contribution is -2.48. The number of aryl methyl sites for hydroxylation is 1. The second kappa shape index (κ2) is 6.68. The zero-order valence-corrected chi connectivity index (χ0v) is 13.8. The molecule has 21 heavy (non-hydrogen) atoms. The van der Waals surface area contributed by atoms with Crippen molar-refractivity contribution in [1.82, 2.24) is 14.8 Å². The molecule has 4 nitrogen and oxygen atoms in total. The van der Waals surface area contributed by atoms with Crippen molar-refractivity contribution >= 4 is 28.6 Å². The van der Waals surface area contributed by atoms with Crippen molar-refractivity contribution in [3.63, 3.8) is 0 Å². The summed E-state index contributed by atoms with van der Waals surface area (Å²) >= 11 is 3.37. The van der Waals surface area contributed by atoms with Gasteiger partial charge in [0, 0.05) is 47.9 Å². The molecule has 0 spiro atoms. The summed E-state index contributed by atoms with van der Waals surface area (Å²) in [6.45, 7) is 6.66. The number of rotatable bonds is 4. The third-order valence-electron chi connectivity index (χ3n) is 3.76. The van der Waals surface area contributed by atoms with E-state index in [1.165, 1.54) is 21.1 Å². The smallest absolute Gasteiger partial charge is 0.273 e. The van der Waals surface area contributed by atoms with Crippen LogP contribution in [0.15, 0.2) is 23.0 Å². The average Bonchev–Trinajstić information content (AvgIpc) is 3.19. The highest BCUT2D eigenvalue weighted by Gasteiger charge is 2.23. The van der Waals surface area contributed by atoms with Gasteiger partial charge in [-0.2, -0.15) is 0 Å². The highest BCUT2D eigenvalue weighted by atomic mass is 32.1. The maximum atomic E-state index is 12.2. The van der Waals surface area contributed by atoms with Gasteiger partial charge in [0.2, 0.25) is 0 Å². The molecule has 0 bridgehead atoms. The summed E-state index contributed by atoms with van der Waals surface area (Å²) in [5.41, 5.74) is 2.30. The molecule has 1 amide bonds. The first-order valence-corrected chi connectivity index (χ1v) is 8.99. The zero-order valence-electron chi connectivity index (χ0n) is 12.1. The maximum Gasteiger partial charge on any atom is 0.273 e. The van der Waals surface area contributed by atoms with Crippen LogP contribution in [0.25, 0.3) is 0 Å². The van der Waals surface area contributed by atoms with Crippen molar-refractivity contribution in [2.75, 3.05) is 26.2 Å². The Kier molecular flexibility index (Phi) is 4.67. The highest BCUT2D eigenvalue weighted by Crippen LogP contribution is 2.19. The second-order valence-electron chi connectivity index (χ2n) is 5.16. The van der Waals surface area contributed by atoms with Crippen LogP contribution in [0.4, 0.5) is 0 Å². The Hall–Kier alpha value is -1.24. The first-order valence-electron chi connectivity index (χ1n) is 7.23. The van der Waals surface area contributed by atoms with E-state index >= 15 is 0 Å². The van der Waals surface area contributed by atoms with Crippen molar-refractivity contribution in [3.8, 4) is 0 Å². The second-order valence-corrected chi connectivity index (χ2v) is 7.14. The molecule has 2 aromatic heterocycles. The molecule has 2 aromatic rings. The van der Waals surface area contributed by atoms with E-state index in [2.05, 4.69) is 28.9 Å². The summed E-state index contributed by atoms with van der Waals surface area (Å²) in [7, 11) is 0. The van der Waals surface area contributed by atoms with Gasteiger partial charge in [0.15, 0.2) is 0 Å². The lowest BCUT2D eigenvalue weighted by molar-refractivity contribution is 0.0624. The molecule has 0 saturated carbocycles. The van der Waals surface area contributed by atoms with Gasteiger partial charge >= 0.3 is 0 Å². The van der Waals surface area contributed by atoms with E-state index in [9.17, 15) is 4.79 Å². The molecule has 3 rings (SSSR count). The van der Waals surface area contributed by atoms with E-state index in [-0.39, 0.29) is 5.91 Å². The van der Waals surface area contributed by atoms with E-state index in [1.54, 1.807) is 5.51 Å². The number of thiazole rings is 1. The summed E-state index contributed by atoms with van der Waals surface area (Å²) in [6.07, 6.45) is 1.11. The number of hydrogen-bond donors (Lipinski definition) is 0. The number of thiophene rings is 1. The fraction of sp³-hybridized carbons (Fsp3) is 0.467. The Balaban J connectivity index is 1.52. The number of nitrogens with zero attached hydrogens (tertiary/aromatic N) is 3. The molecule has 1 saturated heterocycles. The molecule has 1 aliphatic heterocycles. The number of carbonyl (C=O) groups is 1. The molecule has 0 aliphatic carbocycles. The molecular formula is C15H19N3OS2. The van der Waals surface area contributed by atoms with E-state index in [0.29, 0.717) is 5.69 Å². The molecule has 1 aliphatic rings. The van der Waals surface area contributed by atoms with Gasteiger partial charge in [0.1, 0.15) is 5.69 Å². The SMILES string of the molecule is CCc1ccc(CN2CCN(C(=O)c3cscn3)CC2)s1. The lowest BCUT2D eigenvalue weighted by atomic mass is 10.2. The largest absolute Gasteiger partial charge is 0.335 e. The molecule has 112 valence electrons. The Morgan fingerprint density at radius 2 is 2.00 bits per heavy atom. The van der Waals surface area contributed by atoms with Gasteiger partial charge in [0.05, 0.1) is 5.51 Å². The Morgan fingerprint density at radius 1 is 1.24 bits per heavy atom. The van der Waals surface area contributed by atoms with Crippen LogP contribution in [-0.2, 0) is 13.0 Å². The summed E-state index contributed by atoms with van der Waals surface area (Å²) in [6, 6.07) is 4.46. The van der Waals surface area contributed by atoms with Crippen LogP contribution in [0.5, 0.6) is 0 Å². The fourth-order valence-corrected chi connectivity index (χ4v) is 4.03. The first-order chi connectivity index (χ1) is 10.3. The predicted molar refractivity (Wildman–Crippen MR) is 87.0 cm³/mol. The monoisotopic (exact) mass is 321 g/mol. The van der Waals surface area contributed by atoms with Gasteiger partial charge in [-0.05, 0) is 18.6 Å². The normalized spacial score (nSPS) is 16.3. The number of aromatic nitrogens is 1. The molecule has 0 aromatic carbocycles. The minimum atomic E-state index is 0.0697. The van der Waals surface area contributed by atoms with Crippen LogP contribution >= 0.6 is 22.7 Å². The van der Waals surface area contributed by atoms with Crippen LogP contribution < -0.4 is 0 Å². The molecule has 3 heterocycles. The molecular weight excluding hydrogens is 302 g/mol. The number of carbonyl (C=O) groups excluding carboxylic acids is 1. The summed E-state index contributed by atoms with van der Waals surface area (Å²) < 4.78 is 0. The van der Waals surface area contributed by atoms with Gasteiger partial charge in [0.25, 0.3) is 5.91 Å². The van der Waals surface area contributed by atoms with Crippen LogP contribution in [0.3, 0.4) is 0 Å². The Bertz CT molecular complexity index is 586. The van der Waals surface area contributed by atoms with Gasteiger partial charge in [-0.25, -0.2) is 4.98 Å². The van der Waals surface area contributed by atoms with Crippen molar-refractivity contribution < 1.29 is 4.79 Å². The maximum absolute atomic E-state index is 12.2. The van der Waals surface area contributed by atoms with Gasteiger partial charge < -0.3 is 4.90 Å². The lowest BCUT2D eigenvalue weighted by Gasteiger charge is -2.34. The molecule has 0 radical (unpaired) electrons. The van der Waals surface area contributed by atoms with Gasteiger partial charge in [-0.15, -0.1) is 22.7 Å². The minimum Gasteiger partial charge on any atom is -0.335 e. The summed E-state index contributed by atoms with van der Waals surface area (Å²) in [5.74, 6) is 0.0697. The Labute approximate surface area is 133 Å². The third kappa shape index (κ3) is 3.51. The molecule has 6 heteroatoms. The van der Waals surface area contributed by atoms with E-state index in [1.807, 2.05) is 21.6 Å². The fourth-order valence-electron chi connectivity index (χ4n) is 2.51. The molecule has 0 N–H and O–H groups in total. The van der Waals surface area contributed by atoms with Crippen LogP contribution in [0, 0.1) is 0 Å². The first kappa shape index (κ1) is 14.7. The molecule has 0 unspecified atom stereocenters. The highest BCUT2D eigenvalue weighted by molar-refractivity contribution is 7.11. The van der Waals surface area contributed by atoms with Crippen molar-refractivity contribution in [3.05, 3.63) is 38.5 Å². The van der Waals surface area contributed by atoms with Gasteiger partial charge in [-0.3, -0.25) is 9.69 Å². The average molecular weight is 321 g/mol. The predicted octanol–water partition coefficient (Wildman–Crippen LogP) is 2.73. The van der Waals surface area contributed by atoms with Crippen molar-refractivity contribution in [1.29, 1.82) is 0 Å². The number of hydrogen-bond acceptors (Lipinski definition) is 5. The molecule has 0 atom stereocenters. The standard InChI is InChI=1S/C15H19N3OS2/c1-2-12-3-4-13(21-12)9-17-5-7-18(8-6-17)15(19)14-10-20-11-16-14/h3-4,10-11H,2,5-9H2,1H3. The summed E-state index contributed by atoms with van der Waals surface area (Å²) in [4.78, 5) is 23.5. The van der Waals surface area contributed by atoms with E-state index in [4.69, 9.17) is 0 Å². The van der Waals surface area contributed by atoms with E-state index < -0.39 is 0 Å². The topological polar surface area (TPSA) is 36.4 Å². The number of amides is 1. The number of piperazine rings is 1. The van der Waals surface area contributed by atoms with Crippen LogP contribution in [-0.4, -0.2) is 46.9 Å². The Morgan fingerprint density at radius 3 is 2.62 bits per heavy atom. The minimum absolute atomic E-state index is 0.0697. The van der Waals surface area contributed by atoms with E-state index in [0.717, 1.165) is 39.1 Å². The quantitative estimate of drug-likeness (QED) is 0.869. The third-order valence-corrected chi connectivity index (χ3v) is 5.56. The van der Waals surface area contributed by atoms with Crippen molar-refractivity contribution in [2.45, 2.75) is 19.9 Å². The van der Waals surface area contributed by atoms with Crippen LogP contribution in [0.1, 0.15) is 27.2 Å². The summed E-state index contributed by atoms with van der Waals surface area (Å²) in [5, 5.41) is 1.83.